The van der Waals surface area contributed by atoms with E-state index in [-0.39, 0.29) is 5.60 Å². The standard InChI is InChI=1S/C15H27NO/c1-16-11-12-7-3-4-8-13(12)14(16)15(17)9-5-2-6-10-15/h12-14,17H,2-11H2,1H3/t12-,13+,14+/m0/s1. The van der Waals surface area contributed by atoms with Crippen LogP contribution < -0.4 is 0 Å². The molecule has 0 aromatic rings. The maximum atomic E-state index is 11.0. The van der Waals surface area contributed by atoms with Gasteiger partial charge < -0.3 is 5.11 Å². The molecule has 3 rings (SSSR count). The predicted octanol–water partition coefficient (Wildman–Crippen LogP) is 2.80. The minimum absolute atomic E-state index is 0.357. The van der Waals surface area contributed by atoms with Crippen LogP contribution in [0.4, 0.5) is 0 Å². The number of hydrogen-bond acceptors (Lipinski definition) is 2. The molecule has 2 saturated carbocycles. The lowest BCUT2D eigenvalue weighted by Gasteiger charge is -2.44. The van der Waals surface area contributed by atoms with E-state index < -0.39 is 0 Å². The zero-order chi connectivity index (χ0) is 11.9. The van der Waals surface area contributed by atoms with E-state index in [9.17, 15) is 5.11 Å². The first kappa shape index (κ1) is 12.0. The Hall–Kier alpha value is -0.0800. The monoisotopic (exact) mass is 237 g/mol. The topological polar surface area (TPSA) is 23.5 Å². The van der Waals surface area contributed by atoms with Crippen LogP contribution in [0.15, 0.2) is 0 Å². The molecule has 1 saturated heterocycles. The molecule has 1 heterocycles. The highest BCUT2D eigenvalue weighted by Crippen LogP contribution is 2.47. The van der Waals surface area contributed by atoms with Gasteiger partial charge in [-0.05, 0) is 44.6 Å². The average molecular weight is 237 g/mol. The Balaban J connectivity index is 1.80. The minimum Gasteiger partial charge on any atom is -0.388 e. The molecule has 0 bridgehead atoms. The molecular formula is C15H27NO. The van der Waals surface area contributed by atoms with Gasteiger partial charge in [0.2, 0.25) is 0 Å². The van der Waals surface area contributed by atoms with Gasteiger partial charge in [-0.15, -0.1) is 0 Å². The van der Waals surface area contributed by atoms with E-state index >= 15 is 0 Å². The zero-order valence-electron chi connectivity index (χ0n) is 11.2. The molecule has 0 aromatic heterocycles. The highest BCUT2D eigenvalue weighted by Gasteiger charge is 2.51. The van der Waals surface area contributed by atoms with Gasteiger partial charge in [0.15, 0.2) is 0 Å². The van der Waals surface area contributed by atoms with Crippen LogP contribution in [0.1, 0.15) is 57.8 Å². The molecule has 0 amide bonds. The summed E-state index contributed by atoms with van der Waals surface area (Å²) in [5.74, 6) is 1.67. The van der Waals surface area contributed by atoms with Gasteiger partial charge in [0, 0.05) is 12.6 Å². The van der Waals surface area contributed by atoms with Gasteiger partial charge in [0.05, 0.1) is 5.60 Å². The van der Waals surface area contributed by atoms with Crippen molar-refractivity contribution in [1.29, 1.82) is 0 Å². The van der Waals surface area contributed by atoms with Crippen molar-refractivity contribution in [3.8, 4) is 0 Å². The fourth-order valence-electron chi connectivity index (χ4n) is 4.96. The van der Waals surface area contributed by atoms with Crippen molar-refractivity contribution in [1.82, 2.24) is 4.90 Å². The van der Waals surface area contributed by atoms with Gasteiger partial charge in [0.1, 0.15) is 0 Å². The van der Waals surface area contributed by atoms with E-state index in [0.717, 1.165) is 24.7 Å². The Morgan fingerprint density at radius 2 is 1.71 bits per heavy atom. The van der Waals surface area contributed by atoms with Gasteiger partial charge >= 0.3 is 0 Å². The summed E-state index contributed by atoms with van der Waals surface area (Å²) in [6, 6.07) is 0.466. The number of likely N-dealkylation sites (N-methyl/N-ethyl adjacent to an activating group) is 1. The van der Waals surface area contributed by atoms with Gasteiger partial charge in [-0.2, -0.15) is 0 Å². The quantitative estimate of drug-likeness (QED) is 0.758. The number of aliphatic hydroxyl groups is 1. The highest BCUT2D eigenvalue weighted by molar-refractivity contribution is 5.04. The molecule has 0 radical (unpaired) electrons. The second-order valence-electron chi connectivity index (χ2n) is 6.76. The molecule has 1 aliphatic heterocycles. The number of likely N-dealkylation sites (tertiary alicyclic amines) is 1. The minimum atomic E-state index is -0.357. The lowest BCUT2D eigenvalue weighted by molar-refractivity contribution is -0.0710. The van der Waals surface area contributed by atoms with Crippen molar-refractivity contribution in [2.45, 2.75) is 69.4 Å². The van der Waals surface area contributed by atoms with Crippen molar-refractivity contribution >= 4 is 0 Å². The number of rotatable bonds is 1. The molecule has 17 heavy (non-hydrogen) atoms. The molecular weight excluding hydrogens is 210 g/mol. The Morgan fingerprint density at radius 3 is 2.47 bits per heavy atom. The lowest BCUT2D eigenvalue weighted by Crippen LogP contribution is -2.52. The summed E-state index contributed by atoms with van der Waals surface area (Å²) in [6.45, 7) is 1.23. The van der Waals surface area contributed by atoms with Gasteiger partial charge in [0.25, 0.3) is 0 Å². The third kappa shape index (κ3) is 2.04. The predicted molar refractivity (Wildman–Crippen MR) is 69.9 cm³/mol. The number of fused-ring (bicyclic) bond motifs is 1. The molecule has 0 aromatic carbocycles. The van der Waals surface area contributed by atoms with Crippen molar-refractivity contribution in [3.05, 3.63) is 0 Å². The first-order chi connectivity index (χ1) is 8.21. The Morgan fingerprint density at radius 1 is 1.00 bits per heavy atom. The summed E-state index contributed by atoms with van der Waals surface area (Å²) < 4.78 is 0. The fourth-order valence-corrected chi connectivity index (χ4v) is 4.96. The molecule has 2 nitrogen and oxygen atoms in total. The van der Waals surface area contributed by atoms with Crippen LogP contribution >= 0.6 is 0 Å². The van der Waals surface area contributed by atoms with Crippen LogP contribution in [0, 0.1) is 11.8 Å². The molecule has 0 spiro atoms. The van der Waals surface area contributed by atoms with Crippen LogP contribution in [0.2, 0.25) is 0 Å². The molecule has 0 unspecified atom stereocenters. The van der Waals surface area contributed by atoms with E-state index in [2.05, 4.69) is 11.9 Å². The summed E-state index contributed by atoms with van der Waals surface area (Å²) >= 11 is 0. The first-order valence-electron chi connectivity index (χ1n) is 7.63. The van der Waals surface area contributed by atoms with E-state index in [4.69, 9.17) is 0 Å². The SMILES string of the molecule is CN1C[C@@H]2CCCC[C@H]2[C@@H]1C1(O)CCCCC1. The van der Waals surface area contributed by atoms with E-state index in [1.54, 1.807) is 0 Å². The molecule has 3 atom stereocenters. The molecule has 3 aliphatic rings. The maximum absolute atomic E-state index is 11.0. The van der Waals surface area contributed by atoms with Crippen molar-refractivity contribution in [2.75, 3.05) is 13.6 Å². The van der Waals surface area contributed by atoms with Crippen molar-refractivity contribution < 1.29 is 5.11 Å². The average Bonchev–Trinajstić information content (AvgIpc) is 2.66. The van der Waals surface area contributed by atoms with Crippen LogP contribution in [0.25, 0.3) is 0 Å². The van der Waals surface area contributed by atoms with E-state index in [0.29, 0.717) is 6.04 Å². The Labute approximate surface area is 105 Å². The van der Waals surface area contributed by atoms with E-state index in [1.807, 2.05) is 0 Å². The van der Waals surface area contributed by atoms with Gasteiger partial charge in [-0.1, -0.05) is 32.1 Å². The van der Waals surface area contributed by atoms with Gasteiger partial charge in [-0.3, -0.25) is 4.90 Å². The lowest BCUT2D eigenvalue weighted by atomic mass is 9.69. The molecule has 98 valence electrons. The first-order valence-corrected chi connectivity index (χ1v) is 7.63. The number of hydrogen-bond donors (Lipinski definition) is 1. The van der Waals surface area contributed by atoms with Crippen LogP contribution in [-0.4, -0.2) is 35.2 Å². The van der Waals surface area contributed by atoms with Crippen LogP contribution in [0.3, 0.4) is 0 Å². The second kappa shape index (κ2) is 4.55. The van der Waals surface area contributed by atoms with Crippen LogP contribution in [-0.2, 0) is 0 Å². The van der Waals surface area contributed by atoms with Crippen molar-refractivity contribution in [2.24, 2.45) is 11.8 Å². The summed E-state index contributed by atoms with van der Waals surface area (Å²) in [6.07, 6.45) is 11.5. The summed E-state index contributed by atoms with van der Waals surface area (Å²) in [5, 5.41) is 11.0. The van der Waals surface area contributed by atoms with Crippen LogP contribution in [0.5, 0.6) is 0 Å². The molecule has 2 heteroatoms. The normalized spacial score (nSPS) is 42.4. The highest BCUT2D eigenvalue weighted by atomic mass is 16.3. The number of nitrogens with zero attached hydrogens (tertiary/aromatic N) is 1. The second-order valence-corrected chi connectivity index (χ2v) is 6.76. The third-order valence-corrected chi connectivity index (χ3v) is 5.64. The summed E-state index contributed by atoms with van der Waals surface area (Å²) in [4.78, 5) is 2.49. The maximum Gasteiger partial charge on any atom is 0.0804 e. The van der Waals surface area contributed by atoms with Gasteiger partial charge in [-0.25, -0.2) is 0 Å². The Bertz CT molecular complexity index is 272. The molecule has 2 aliphatic carbocycles. The summed E-state index contributed by atoms with van der Waals surface area (Å²) in [7, 11) is 2.25. The Kier molecular flexibility index (Phi) is 3.20. The zero-order valence-corrected chi connectivity index (χ0v) is 11.2. The third-order valence-electron chi connectivity index (χ3n) is 5.64. The molecule has 1 N–H and O–H groups in total. The fraction of sp³-hybridized carbons (Fsp3) is 1.00. The smallest absolute Gasteiger partial charge is 0.0804 e. The van der Waals surface area contributed by atoms with E-state index in [1.165, 1.54) is 51.5 Å². The molecule has 3 fully saturated rings. The van der Waals surface area contributed by atoms with Crippen molar-refractivity contribution in [3.63, 3.8) is 0 Å². The summed E-state index contributed by atoms with van der Waals surface area (Å²) in [5.41, 5.74) is -0.357. The largest absolute Gasteiger partial charge is 0.388 e.